The Morgan fingerprint density at radius 3 is 2.86 bits per heavy atom. The van der Waals surface area contributed by atoms with Gasteiger partial charge in [0.15, 0.2) is 5.82 Å². The molecule has 1 unspecified atom stereocenters. The van der Waals surface area contributed by atoms with Crippen molar-refractivity contribution >= 4 is 0 Å². The van der Waals surface area contributed by atoms with Gasteiger partial charge in [0, 0.05) is 13.1 Å². The third-order valence-electron chi connectivity index (χ3n) is 2.87. The van der Waals surface area contributed by atoms with Crippen LogP contribution in [0.4, 0.5) is 0 Å². The van der Waals surface area contributed by atoms with Crippen LogP contribution in [0.25, 0.3) is 0 Å². The maximum atomic E-state index is 10.0. The molecular weight excluding hydrogens is 180 g/mol. The van der Waals surface area contributed by atoms with Gasteiger partial charge in [-0.2, -0.15) is 0 Å². The fourth-order valence-electron chi connectivity index (χ4n) is 1.84. The highest BCUT2D eigenvalue weighted by atomic mass is 16.3. The topological polar surface area (TPSA) is 63.0 Å². The molecule has 2 heterocycles. The molecule has 0 amide bonds. The standard InChI is InChI=1S/C9H16N4O/c1-6-11-12-9(13(6)2)8(14)7-4-3-5-10-7/h7-8,10,14H,3-5H2,1-2H3/t7-,8?/m1/s1. The largest absolute Gasteiger partial charge is 0.383 e. The fourth-order valence-corrected chi connectivity index (χ4v) is 1.84. The number of aliphatic hydroxyl groups is 1. The van der Waals surface area contributed by atoms with Gasteiger partial charge in [0.05, 0.1) is 0 Å². The molecule has 1 saturated heterocycles. The zero-order valence-electron chi connectivity index (χ0n) is 8.56. The summed E-state index contributed by atoms with van der Waals surface area (Å²) >= 11 is 0. The summed E-state index contributed by atoms with van der Waals surface area (Å²) in [5.41, 5.74) is 0. The lowest BCUT2D eigenvalue weighted by atomic mass is 10.1. The number of hydrogen-bond donors (Lipinski definition) is 2. The molecule has 14 heavy (non-hydrogen) atoms. The van der Waals surface area contributed by atoms with Crippen LogP contribution in [0.15, 0.2) is 0 Å². The molecule has 1 aliphatic heterocycles. The van der Waals surface area contributed by atoms with E-state index in [1.165, 1.54) is 0 Å². The highest BCUT2D eigenvalue weighted by Crippen LogP contribution is 2.21. The van der Waals surface area contributed by atoms with Crippen molar-refractivity contribution < 1.29 is 5.11 Å². The predicted octanol–water partition coefficient (Wildman–Crippen LogP) is -0.0911. The average molecular weight is 196 g/mol. The predicted molar refractivity (Wildman–Crippen MR) is 51.7 cm³/mol. The molecule has 5 nitrogen and oxygen atoms in total. The Kier molecular flexibility index (Phi) is 2.52. The highest BCUT2D eigenvalue weighted by molar-refractivity contribution is 5.01. The van der Waals surface area contributed by atoms with E-state index in [0.29, 0.717) is 5.82 Å². The third-order valence-corrected chi connectivity index (χ3v) is 2.87. The van der Waals surface area contributed by atoms with Gasteiger partial charge in [-0.25, -0.2) is 0 Å². The van der Waals surface area contributed by atoms with Gasteiger partial charge in [-0.05, 0) is 26.3 Å². The lowest BCUT2D eigenvalue weighted by Gasteiger charge is -2.17. The number of nitrogens with zero attached hydrogens (tertiary/aromatic N) is 3. The summed E-state index contributed by atoms with van der Waals surface area (Å²) in [6.07, 6.45) is 1.59. The molecule has 1 aliphatic rings. The first-order valence-electron chi connectivity index (χ1n) is 4.97. The molecule has 0 aliphatic carbocycles. The Balaban J connectivity index is 2.17. The highest BCUT2D eigenvalue weighted by Gasteiger charge is 2.27. The number of nitrogens with one attached hydrogen (secondary N) is 1. The minimum Gasteiger partial charge on any atom is -0.383 e. The van der Waals surface area contributed by atoms with E-state index in [1.807, 2.05) is 18.5 Å². The summed E-state index contributed by atoms with van der Waals surface area (Å²) in [5, 5.41) is 21.2. The van der Waals surface area contributed by atoms with E-state index in [4.69, 9.17) is 0 Å². The van der Waals surface area contributed by atoms with E-state index in [2.05, 4.69) is 15.5 Å². The van der Waals surface area contributed by atoms with Crippen molar-refractivity contribution in [2.75, 3.05) is 6.54 Å². The number of hydrogen-bond acceptors (Lipinski definition) is 4. The van der Waals surface area contributed by atoms with E-state index in [9.17, 15) is 5.11 Å². The maximum absolute atomic E-state index is 10.0. The van der Waals surface area contributed by atoms with E-state index >= 15 is 0 Å². The Hall–Kier alpha value is -0.940. The van der Waals surface area contributed by atoms with Crippen molar-refractivity contribution in [2.45, 2.75) is 31.9 Å². The summed E-state index contributed by atoms with van der Waals surface area (Å²) in [6.45, 7) is 2.86. The molecular formula is C9H16N4O. The van der Waals surface area contributed by atoms with Crippen molar-refractivity contribution in [1.82, 2.24) is 20.1 Å². The van der Waals surface area contributed by atoms with Gasteiger partial charge in [0.25, 0.3) is 0 Å². The van der Waals surface area contributed by atoms with Crippen LogP contribution in [-0.4, -0.2) is 32.5 Å². The van der Waals surface area contributed by atoms with Gasteiger partial charge < -0.3 is 15.0 Å². The molecule has 0 saturated carbocycles. The smallest absolute Gasteiger partial charge is 0.163 e. The number of aryl methyl sites for hydroxylation is 1. The molecule has 2 N–H and O–H groups in total. The molecule has 2 atom stereocenters. The Morgan fingerprint density at radius 1 is 1.57 bits per heavy atom. The number of aromatic nitrogens is 3. The fraction of sp³-hybridized carbons (Fsp3) is 0.778. The Bertz CT molecular complexity index is 317. The van der Waals surface area contributed by atoms with E-state index < -0.39 is 6.10 Å². The normalized spacial score (nSPS) is 24.1. The van der Waals surface area contributed by atoms with Crippen LogP contribution in [0.2, 0.25) is 0 Å². The second-order valence-electron chi connectivity index (χ2n) is 3.81. The van der Waals surface area contributed by atoms with Crippen molar-refractivity contribution in [3.8, 4) is 0 Å². The van der Waals surface area contributed by atoms with Crippen molar-refractivity contribution in [2.24, 2.45) is 7.05 Å². The van der Waals surface area contributed by atoms with Gasteiger partial charge in [-0.1, -0.05) is 0 Å². The van der Waals surface area contributed by atoms with Crippen LogP contribution in [0.5, 0.6) is 0 Å². The van der Waals surface area contributed by atoms with Crippen molar-refractivity contribution in [1.29, 1.82) is 0 Å². The maximum Gasteiger partial charge on any atom is 0.163 e. The molecule has 2 rings (SSSR count). The first kappa shape index (κ1) is 9.61. The average Bonchev–Trinajstić information content (AvgIpc) is 2.77. The summed E-state index contributed by atoms with van der Waals surface area (Å²) in [7, 11) is 1.88. The lowest BCUT2D eigenvalue weighted by molar-refractivity contribution is 0.125. The molecule has 1 aromatic heterocycles. The van der Waals surface area contributed by atoms with Crippen molar-refractivity contribution in [3.63, 3.8) is 0 Å². The van der Waals surface area contributed by atoms with Gasteiger partial charge in [0.1, 0.15) is 11.9 Å². The molecule has 78 valence electrons. The van der Waals surface area contributed by atoms with Crippen LogP contribution >= 0.6 is 0 Å². The van der Waals surface area contributed by atoms with Gasteiger partial charge >= 0.3 is 0 Å². The van der Waals surface area contributed by atoms with Gasteiger partial charge in [-0.15, -0.1) is 10.2 Å². The lowest BCUT2D eigenvalue weighted by Crippen LogP contribution is -2.30. The monoisotopic (exact) mass is 196 g/mol. The molecule has 0 bridgehead atoms. The summed E-state index contributed by atoms with van der Waals surface area (Å²) in [6, 6.07) is 0.136. The Morgan fingerprint density at radius 2 is 2.36 bits per heavy atom. The van der Waals surface area contributed by atoms with E-state index in [-0.39, 0.29) is 6.04 Å². The molecule has 0 aromatic carbocycles. The van der Waals surface area contributed by atoms with E-state index in [0.717, 1.165) is 25.2 Å². The molecule has 0 radical (unpaired) electrons. The molecule has 1 fully saturated rings. The zero-order chi connectivity index (χ0) is 10.1. The van der Waals surface area contributed by atoms with Crippen LogP contribution in [-0.2, 0) is 7.05 Å². The van der Waals surface area contributed by atoms with Crippen LogP contribution in [0.1, 0.15) is 30.6 Å². The third kappa shape index (κ3) is 1.53. The van der Waals surface area contributed by atoms with Gasteiger partial charge in [-0.3, -0.25) is 0 Å². The second-order valence-corrected chi connectivity index (χ2v) is 3.81. The SMILES string of the molecule is Cc1nnc(C(O)[C@H]2CCCN2)n1C. The summed E-state index contributed by atoms with van der Waals surface area (Å²) < 4.78 is 1.84. The van der Waals surface area contributed by atoms with Crippen molar-refractivity contribution in [3.05, 3.63) is 11.6 Å². The molecule has 5 heteroatoms. The molecule has 0 spiro atoms. The minimum atomic E-state index is -0.538. The zero-order valence-corrected chi connectivity index (χ0v) is 8.56. The van der Waals surface area contributed by atoms with Crippen LogP contribution in [0.3, 0.4) is 0 Å². The second kappa shape index (κ2) is 3.67. The number of aliphatic hydroxyl groups excluding tert-OH is 1. The quantitative estimate of drug-likeness (QED) is 0.694. The summed E-state index contributed by atoms with van der Waals surface area (Å²) in [4.78, 5) is 0. The van der Waals surface area contributed by atoms with Gasteiger partial charge in [0.2, 0.25) is 0 Å². The van der Waals surface area contributed by atoms with E-state index in [1.54, 1.807) is 0 Å². The number of rotatable bonds is 2. The summed E-state index contributed by atoms with van der Waals surface area (Å²) in [5.74, 6) is 1.49. The first-order chi connectivity index (χ1) is 6.70. The first-order valence-corrected chi connectivity index (χ1v) is 4.97. The minimum absolute atomic E-state index is 0.136. The van der Waals surface area contributed by atoms with Crippen LogP contribution in [0, 0.1) is 6.92 Å². The molecule has 1 aromatic rings. The van der Waals surface area contributed by atoms with Crippen LogP contribution < -0.4 is 5.32 Å². The Labute approximate surface area is 83.2 Å².